The van der Waals surface area contributed by atoms with E-state index < -0.39 is 29.4 Å². The molecule has 0 unspecified atom stereocenters. The van der Waals surface area contributed by atoms with Gasteiger partial charge in [0.25, 0.3) is 5.91 Å². The molecule has 2 aliphatic rings. The molecule has 1 aliphatic heterocycles. The second-order valence-corrected chi connectivity index (χ2v) is 5.26. The molecule has 2 rings (SSSR count). The summed E-state index contributed by atoms with van der Waals surface area (Å²) in [5.41, 5.74) is 1.66. The molecule has 3 N–H and O–H groups in total. The number of β-amino-alcohol motifs (C(OH)–C–C–N with tert-alkyl or cyclic N) is 1. The van der Waals surface area contributed by atoms with Crippen molar-refractivity contribution in [3.8, 4) is 0 Å². The van der Waals surface area contributed by atoms with Crippen LogP contribution in [0.15, 0.2) is 12.7 Å². The highest BCUT2D eigenvalue weighted by Crippen LogP contribution is 2.56. The molecule has 2 fully saturated rings. The molecule has 1 saturated carbocycles. The maximum absolute atomic E-state index is 12.0. The first kappa shape index (κ1) is 16.9. The molecule has 1 saturated heterocycles. The zero-order valence-corrected chi connectivity index (χ0v) is 12.2. The van der Waals surface area contributed by atoms with Crippen LogP contribution >= 0.6 is 12.4 Å². The van der Waals surface area contributed by atoms with Crippen molar-refractivity contribution < 1.29 is 19.5 Å². The Balaban J connectivity index is 0.00000200. The Labute approximate surface area is 124 Å². The third kappa shape index (κ3) is 3.13. The minimum atomic E-state index is -0.526. The van der Waals surface area contributed by atoms with E-state index in [0.29, 0.717) is 19.4 Å². The van der Waals surface area contributed by atoms with Crippen LogP contribution in [0.3, 0.4) is 0 Å². The van der Waals surface area contributed by atoms with Gasteiger partial charge in [-0.2, -0.15) is 5.48 Å². The van der Waals surface area contributed by atoms with Crippen LogP contribution < -0.4 is 10.8 Å². The van der Waals surface area contributed by atoms with Crippen LogP contribution in [0.5, 0.6) is 0 Å². The summed E-state index contributed by atoms with van der Waals surface area (Å²) < 4.78 is 0. The number of aliphatic hydroxyl groups excluding tert-OH is 1. The lowest BCUT2D eigenvalue weighted by atomic mass is 10.0. The summed E-state index contributed by atoms with van der Waals surface area (Å²) in [5.74, 6) is -0.702. The molecule has 0 aromatic carbocycles. The summed E-state index contributed by atoms with van der Waals surface area (Å²) in [6.45, 7) is 5.98. The fourth-order valence-electron chi connectivity index (χ4n) is 2.61. The lowest BCUT2D eigenvalue weighted by Gasteiger charge is -2.15. The number of amides is 1. The van der Waals surface area contributed by atoms with Crippen LogP contribution in [-0.4, -0.2) is 35.7 Å². The number of rotatable bonds is 4. The van der Waals surface area contributed by atoms with Gasteiger partial charge in [-0.1, -0.05) is 13.0 Å². The smallest absolute Gasteiger partial charge is 0.338 e. The van der Waals surface area contributed by atoms with Crippen LogP contribution in [0.1, 0.15) is 26.2 Å². The van der Waals surface area contributed by atoms with E-state index in [1.54, 1.807) is 6.08 Å². The van der Waals surface area contributed by atoms with E-state index in [1.165, 1.54) is 0 Å². The molecule has 7 heteroatoms. The standard InChI is InChI=1S/C13H20N2O4.ClH/c1-3-8-6-13(8,4-2)12(18)19-15-11(17)10-5-9(16)7-14-10;/h3,8-10,14,16H,1,4-7H2,2H3,(H,15,17);1H/t8-,9-,10+,13-;/m1./s1. The Kier molecular flexibility index (Phi) is 5.56. The van der Waals surface area contributed by atoms with Gasteiger partial charge in [0.1, 0.15) is 0 Å². The average molecular weight is 305 g/mol. The lowest BCUT2D eigenvalue weighted by molar-refractivity contribution is -0.164. The van der Waals surface area contributed by atoms with Crippen molar-refractivity contribution in [3.05, 3.63) is 12.7 Å². The zero-order chi connectivity index (χ0) is 14.0. The van der Waals surface area contributed by atoms with E-state index in [4.69, 9.17) is 4.84 Å². The van der Waals surface area contributed by atoms with Gasteiger partial charge in [0, 0.05) is 6.54 Å². The normalized spacial score (nSPS) is 34.8. The fourth-order valence-corrected chi connectivity index (χ4v) is 2.61. The number of carbonyl (C=O) groups excluding carboxylic acids is 2. The van der Waals surface area contributed by atoms with Crippen molar-refractivity contribution in [3.63, 3.8) is 0 Å². The van der Waals surface area contributed by atoms with E-state index in [0.717, 1.165) is 6.42 Å². The maximum Gasteiger partial charge on any atom is 0.338 e. The lowest BCUT2D eigenvalue weighted by Crippen LogP contribution is -2.42. The molecule has 20 heavy (non-hydrogen) atoms. The van der Waals surface area contributed by atoms with E-state index in [2.05, 4.69) is 17.4 Å². The van der Waals surface area contributed by atoms with Crippen molar-refractivity contribution in [2.75, 3.05) is 6.54 Å². The van der Waals surface area contributed by atoms with Crippen LogP contribution in [0, 0.1) is 11.3 Å². The predicted octanol–water partition coefficient (Wildman–Crippen LogP) is 0.308. The highest BCUT2D eigenvalue weighted by Gasteiger charge is 2.58. The number of carbonyl (C=O) groups is 2. The molecule has 0 bridgehead atoms. The van der Waals surface area contributed by atoms with Gasteiger partial charge in [0.2, 0.25) is 0 Å². The number of halogens is 1. The second kappa shape index (κ2) is 6.56. The molecule has 1 aliphatic carbocycles. The largest absolute Gasteiger partial charge is 0.392 e. The van der Waals surface area contributed by atoms with Crippen molar-refractivity contribution in [2.45, 2.75) is 38.3 Å². The summed E-state index contributed by atoms with van der Waals surface area (Å²) in [4.78, 5) is 28.6. The molecule has 114 valence electrons. The fraction of sp³-hybridized carbons (Fsp3) is 0.692. The van der Waals surface area contributed by atoms with E-state index in [-0.39, 0.29) is 18.3 Å². The minimum absolute atomic E-state index is 0. The summed E-state index contributed by atoms with van der Waals surface area (Å²) in [6.07, 6.45) is 2.95. The van der Waals surface area contributed by atoms with Gasteiger partial charge in [-0.3, -0.25) is 4.79 Å². The SMILES string of the molecule is C=C[C@@H]1C[C@@]1(CC)C(=O)ONC(=O)[C@@H]1C[C@@H](O)CN1.Cl. The number of hydrogen-bond donors (Lipinski definition) is 3. The molecule has 0 radical (unpaired) electrons. The highest BCUT2D eigenvalue weighted by atomic mass is 35.5. The Morgan fingerprint density at radius 1 is 1.60 bits per heavy atom. The number of hydrogen-bond acceptors (Lipinski definition) is 5. The first-order valence-corrected chi connectivity index (χ1v) is 6.58. The predicted molar refractivity (Wildman–Crippen MR) is 74.9 cm³/mol. The van der Waals surface area contributed by atoms with E-state index >= 15 is 0 Å². The second-order valence-electron chi connectivity index (χ2n) is 5.26. The van der Waals surface area contributed by atoms with Gasteiger partial charge >= 0.3 is 5.97 Å². The Morgan fingerprint density at radius 2 is 2.30 bits per heavy atom. The molecule has 0 aromatic rings. The Morgan fingerprint density at radius 3 is 2.75 bits per heavy atom. The number of hydroxylamine groups is 1. The van der Waals surface area contributed by atoms with Crippen LogP contribution in [-0.2, 0) is 14.4 Å². The summed E-state index contributed by atoms with van der Waals surface area (Å²) >= 11 is 0. The first-order valence-electron chi connectivity index (χ1n) is 6.58. The molecule has 1 heterocycles. The van der Waals surface area contributed by atoms with Crippen LogP contribution in [0.4, 0.5) is 0 Å². The van der Waals surface area contributed by atoms with Crippen LogP contribution in [0.25, 0.3) is 0 Å². The van der Waals surface area contributed by atoms with Crippen molar-refractivity contribution in [2.24, 2.45) is 11.3 Å². The molecule has 0 aromatic heterocycles. The van der Waals surface area contributed by atoms with Crippen LogP contribution in [0.2, 0.25) is 0 Å². The molecule has 4 atom stereocenters. The van der Waals surface area contributed by atoms with Gasteiger partial charge in [0.15, 0.2) is 0 Å². The number of nitrogens with one attached hydrogen (secondary N) is 2. The first-order chi connectivity index (χ1) is 9.03. The quantitative estimate of drug-likeness (QED) is 0.514. The van der Waals surface area contributed by atoms with Gasteiger partial charge in [0.05, 0.1) is 17.6 Å². The summed E-state index contributed by atoms with van der Waals surface area (Å²) in [6, 6.07) is -0.505. The summed E-state index contributed by atoms with van der Waals surface area (Å²) in [5, 5.41) is 12.2. The third-order valence-electron chi connectivity index (χ3n) is 4.12. The molecule has 0 spiro atoms. The number of aliphatic hydroxyl groups is 1. The zero-order valence-electron chi connectivity index (χ0n) is 11.4. The van der Waals surface area contributed by atoms with Crippen molar-refractivity contribution >= 4 is 24.3 Å². The monoisotopic (exact) mass is 304 g/mol. The van der Waals surface area contributed by atoms with E-state index in [1.807, 2.05) is 6.92 Å². The molecule has 6 nitrogen and oxygen atoms in total. The molecular weight excluding hydrogens is 284 g/mol. The maximum atomic E-state index is 12.0. The number of allylic oxidation sites excluding steroid dienone is 1. The Bertz CT molecular complexity index is 404. The van der Waals surface area contributed by atoms with Crippen molar-refractivity contribution in [1.29, 1.82) is 0 Å². The Hall–Kier alpha value is -1.11. The van der Waals surface area contributed by atoms with Crippen molar-refractivity contribution in [1.82, 2.24) is 10.8 Å². The topological polar surface area (TPSA) is 87.7 Å². The summed E-state index contributed by atoms with van der Waals surface area (Å²) in [7, 11) is 0. The third-order valence-corrected chi connectivity index (χ3v) is 4.12. The van der Waals surface area contributed by atoms with Gasteiger partial charge < -0.3 is 15.3 Å². The minimum Gasteiger partial charge on any atom is -0.392 e. The van der Waals surface area contributed by atoms with Gasteiger partial charge in [-0.15, -0.1) is 19.0 Å². The average Bonchev–Trinajstić information content (AvgIpc) is 3.00. The highest BCUT2D eigenvalue weighted by molar-refractivity contribution is 5.86. The van der Waals surface area contributed by atoms with Gasteiger partial charge in [-0.05, 0) is 25.2 Å². The molecular formula is C13H21ClN2O4. The van der Waals surface area contributed by atoms with E-state index in [9.17, 15) is 14.7 Å². The van der Waals surface area contributed by atoms with Gasteiger partial charge in [-0.25, -0.2) is 4.79 Å². The molecule has 1 amide bonds.